The van der Waals surface area contributed by atoms with Gasteiger partial charge in [-0.05, 0) is 29.9 Å². The molecule has 46 valence electrons. The molecule has 2 nitrogen and oxygen atoms in total. The smallest absolute Gasteiger partial charge is 0.136 e. The van der Waals surface area contributed by atoms with Crippen molar-refractivity contribution in [3.05, 3.63) is 11.0 Å². The summed E-state index contributed by atoms with van der Waals surface area (Å²) in [5, 5.41) is 9.00. The van der Waals surface area contributed by atoms with Crippen LogP contribution in [-0.2, 0) is 0 Å². The Morgan fingerprint density at radius 3 is 2.62 bits per heavy atom. The molecule has 0 fully saturated rings. The lowest BCUT2D eigenvalue weighted by atomic mass is 10.5. The van der Waals surface area contributed by atoms with Crippen LogP contribution in [0.4, 0.5) is 0 Å². The summed E-state index contributed by atoms with van der Waals surface area (Å²) in [6, 6.07) is 0. The largest absolute Gasteiger partial charge is 0.374 e. The first-order valence-corrected chi connectivity index (χ1v) is 3.25. The van der Waals surface area contributed by atoms with Crippen molar-refractivity contribution in [2.45, 2.75) is 13.2 Å². The van der Waals surface area contributed by atoms with Crippen LogP contribution >= 0.6 is 11.9 Å². The Morgan fingerprint density at radius 2 is 2.50 bits per heavy atom. The van der Waals surface area contributed by atoms with E-state index in [0.29, 0.717) is 0 Å². The summed E-state index contributed by atoms with van der Waals surface area (Å²) in [6.07, 6.45) is 1.45. The Hall–Kier alpha value is 0.0100. The average molecular weight is 131 g/mol. The second kappa shape index (κ2) is 2.09. The third-order valence-electron chi connectivity index (χ3n) is 1.04. The van der Waals surface area contributed by atoms with E-state index in [1.807, 2.05) is 20.0 Å². The summed E-state index contributed by atoms with van der Waals surface area (Å²) < 4.78 is 1.80. The van der Waals surface area contributed by atoms with Gasteiger partial charge in [0.15, 0.2) is 0 Å². The number of likely N-dealkylation sites (N-methyl/N-ethyl adjacent to an activating group) is 1. The van der Waals surface area contributed by atoms with E-state index in [4.69, 9.17) is 5.11 Å². The van der Waals surface area contributed by atoms with Crippen LogP contribution in [0.15, 0.2) is 11.0 Å². The number of aliphatic hydroxyl groups is 1. The maximum atomic E-state index is 9.00. The van der Waals surface area contributed by atoms with Crippen LogP contribution in [0.2, 0.25) is 0 Å². The number of nitrogens with zero attached hydrogens (tertiary/aromatic N) is 1. The highest BCUT2D eigenvalue weighted by atomic mass is 32.2. The van der Waals surface area contributed by atoms with E-state index in [2.05, 4.69) is 0 Å². The van der Waals surface area contributed by atoms with Gasteiger partial charge in [0.2, 0.25) is 0 Å². The number of allylic oxidation sites excluding steroid dienone is 1. The van der Waals surface area contributed by atoms with Crippen LogP contribution in [0, 0.1) is 0 Å². The van der Waals surface area contributed by atoms with E-state index in [0.717, 1.165) is 0 Å². The van der Waals surface area contributed by atoms with E-state index in [1.54, 1.807) is 16.3 Å². The van der Waals surface area contributed by atoms with Gasteiger partial charge in [-0.15, -0.1) is 0 Å². The van der Waals surface area contributed by atoms with Crippen LogP contribution < -0.4 is 0 Å². The predicted molar refractivity (Wildman–Crippen MR) is 35.1 cm³/mol. The van der Waals surface area contributed by atoms with E-state index in [1.165, 1.54) is 4.91 Å². The van der Waals surface area contributed by atoms with Gasteiger partial charge in [0.1, 0.15) is 6.23 Å². The molecule has 0 aromatic heterocycles. The Balaban J connectivity index is 2.56. The van der Waals surface area contributed by atoms with Crippen molar-refractivity contribution < 1.29 is 5.11 Å². The summed E-state index contributed by atoms with van der Waals surface area (Å²) in [5.74, 6) is 0. The van der Waals surface area contributed by atoms with Crippen molar-refractivity contribution in [2.75, 3.05) is 7.05 Å². The first-order chi connectivity index (χ1) is 3.70. The van der Waals surface area contributed by atoms with E-state index < -0.39 is 0 Å². The topological polar surface area (TPSA) is 23.5 Å². The number of hydrogen-bond acceptors (Lipinski definition) is 3. The normalized spacial score (nSPS) is 30.9. The lowest BCUT2D eigenvalue weighted by Gasteiger charge is -2.09. The lowest BCUT2D eigenvalue weighted by molar-refractivity contribution is 0.137. The van der Waals surface area contributed by atoms with E-state index in [-0.39, 0.29) is 6.23 Å². The molecule has 0 aromatic carbocycles. The zero-order chi connectivity index (χ0) is 6.15. The molecule has 1 atom stereocenters. The van der Waals surface area contributed by atoms with Crippen LogP contribution in [0.3, 0.4) is 0 Å². The Labute approximate surface area is 53.3 Å². The van der Waals surface area contributed by atoms with E-state index >= 15 is 0 Å². The van der Waals surface area contributed by atoms with Crippen molar-refractivity contribution >= 4 is 11.9 Å². The zero-order valence-corrected chi connectivity index (χ0v) is 5.77. The molecule has 0 aromatic rings. The van der Waals surface area contributed by atoms with Crippen molar-refractivity contribution in [1.29, 1.82) is 0 Å². The SMILES string of the molecule is CC1=CC(O)N(C)S1. The predicted octanol–water partition coefficient (Wildman–Crippen LogP) is 0.802. The fourth-order valence-corrected chi connectivity index (χ4v) is 1.43. The zero-order valence-electron chi connectivity index (χ0n) is 4.96. The fraction of sp³-hybridized carbons (Fsp3) is 0.600. The second-order valence-electron chi connectivity index (χ2n) is 1.83. The third-order valence-corrected chi connectivity index (χ3v) is 1.97. The molecule has 0 aliphatic carbocycles. The molecule has 0 amide bonds. The van der Waals surface area contributed by atoms with Gasteiger partial charge in [-0.1, -0.05) is 0 Å². The maximum absolute atomic E-state index is 9.00. The molecule has 1 unspecified atom stereocenters. The molecule has 1 rings (SSSR count). The standard InChI is InChI=1S/C5H9NOS/c1-4-3-5(7)6(2)8-4/h3,5,7H,1-2H3. The van der Waals surface area contributed by atoms with Gasteiger partial charge in [0.05, 0.1) is 0 Å². The molecule has 0 spiro atoms. The maximum Gasteiger partial charge on any atom is 0.136 e. The van der Waals surface area contributed by atoms with Crippen molar-refractivity contribution in [2.24, 2.45) is 0 Å². The van der Waals surface area contributed by atoms with Crippen molar-refractivity contribution in [3.63, 3.8) is 0 Å². The summed E-state index contributed by atoms with van der Waals surface area (Å²) in [4.78, 5) is 1.17. The molecule has 8 heavy (non-hydrogen) atoms. The molecule has 0 saturated carbocycles. The Kier molecular flexibility index (Phi) is 1.60. The Bertz CT molecular complexity index is 124. The first-order valence-electron chi connectivity index (χ1n) is 2.47. The van der Waals surface area contributed by atoms with Gasteiger partial charge in [0.25, 0.3) is 0 Å². The van der Waals surface area contributed by atoms with Crippen LogP contribution in [0.1, 0.15) is 6.92 Å². The number of rotatable bonds is 0. The molecule has 1 heterocycles. The van der Waals surface area contributed by atoms with Gasteiger partial charge in [-0.2, -0.15) is 0 Å². The number of aliphatic hydroxyl groups excluding tert-OH is 1. The summed E-state index contributed by atoms with van der Waals surface area (Å²) in [5.41, 5.74) is 0. The van der Waals surface area contributed by atoms with Crippen molar-refractivity contribution in [3.8, 4) is 0 Å². The highest BCUT2D eigenvalue weighted by Gasteiger charge is 2.15. The minimum absolute atomic E-state index is 0.375. The summed E-state index contributed by atoms with van der Waals surface area (Å²) in [7, 11) is 1.86. The lowest BCUT2D eigenvalue weighted by Crippen LogP contribution is -2.17. The molecule has 1 N–H and O–H groups in total. The first kappa shape index (κ1) is 6.13. The molecule has 3 heteroatoms. The molecule has 0 bridgehead atoms. The van der Waals surface area contributed by atoms with Crippen LogP contribution in [0.5, 0.6) is 0 Å². The minimum Gasteiger partial charge on any atom is -0.374 e. The van der Waals surface area contributed by atoms with Crippen molar-refractivity contribution in [1.82, 2.24) is 4.31 Å². The van der Waals surface area contributed by atoms with Gasteiger partial charge >= 0.3 is 0 Å². The van der Waals surface area contributed by atoms with Gasteiger partial charge < -0.3 is 5.11 Å². The summed E-state index contributed by atoms with van der Waals surface area (Å²) >= 11 is 1.57. The monoisotopic (exact) mass is 131 g/mol. The van der Waals surface area contributed by atoms with Gasteiger partial charge in [-0.25, -0.2) is 4.31 Å². The third kappa shape index (κ3) is 1.05. The Morgan fingerprint density at radius 1 is 1.88 bits per heavy atom. The quantitative estimate of drug-likeness (QED) is 0.492. The number of hydrogen-bond donors (Lipinski definition) is 1. The molecule has 0 radical (unpaired) electrons. The van der Waals surface area contributed by atoms with Gasteiger partial charge in [-0.3, -0.25) is 0 Å². The molecule has 1 aliphatic rings. The minimum atomic E-state index is -0.375. The molecular formula is C5H9NOS. The highest BCUT2D eigenvalue weighted by molar-refractivity contribution is 8.01. The fourth-order valence-electron chi connectivity index (χ4n) is 0.626. The summed E-state index contributed by atoms with van der Waals surface area (Å²) in [6.45, 7) is 1.98. The molecule has 1 aliphatic heterocycles. The molecule has 0 saturated heterocycles. The highest BCUT2D eigenvalue weighted by Crippen LogP contribution is 2.27. The van der Waals surface area contributed by atoms with E-state index in [9.17, 15) is 0 Å². The molecular weight excluding hydrogens is 122 g/mol. The van der Waals surface area contributed by atoms with Gasteiger partial charge in [0, 0.05) is 7.05 Å². The van der Waals surface area contributed by atoms with Crippen LogP contribution in [-0.4, -0.2) is 22.7 Å². The second-order valence-corrected chi connectivity index (χ2v) is 3.23. The van der Waals surface area contributed by atoms with Crippen LogP contribution in [0.25, 0.3) is 0 Å². The average Bonchev–Trinajstić information content (AvgIpc) is 1.85.